The molecule has 0 atom stereocenters. The zero-order chi connectivity index (χ0) is 16.4. The third-order valence-corrected chi connectivity index (χ3v) is 4.75. The molecule has 118 valence electrons. The van der Waals surface area contributed by atoms with E-state index in [2.05, 4.69) is 10.1 Å². The predicted octanol–water partition coefficient (Wildman–Crippen LogP) is 2.54. The smallest absolute Gasteiger partial charge is 0.339 e. The van der Waals surface area contributed by atoms with Gasteiger partial charge < -0.3 is 4.74 Å². The van der Waals surface area contributed by atoms with Crippen molar-refractivity contribution in [3.8, 4) is 0 Å². The monoisotopic (exact) mass is 347 g/mol. The molecule has 6 nitrogen and oxygen atoms in total. The lowest BCUT2D eigenvalue weighted by atomic mass is 10.2. The van der Waals surface area contributed by atoms with Crippen molar-refractivity contribution in [3.63, 3.8) is 0 Å². The fraction of sp³-hybridized carbons (Fsp3) is 0.200. The van der Waals surface area contributed by atoms with Gasteiger partial charge in [0.05, 0.1) is 5.56 Å². The maximum atomic E-state index is 12.2. The molecule has 0 radical (unpaired) electrons. The number of hydrogen-bond donors (Lipinski definition) is 0. The van der Waals surface area contributed by atoms with Crippen molar-refractivity contribution in [3.05, 3.63) is 57.0 Å². The Morgan fingerprint density at radius 2 is 2.17 bits per heavy atom. The van der Waals surface area contributed by atoms with Gasteiger partial charge in [-0.15, -0.1) is 11.8 Å². The summed E-state index contributed by atoms with van der Waals surface area (Å²) < 4.78 is 6.53. The Labute approximate surface area is 140 Å². The van der Waals surface area contributed by atoms with E-state index in [4.69, 9.17) is 4.74 Å². The maximum Gasteiger partial charge on any atom is 0.339 e. The van der Waals surface area contributed by atoms with Gasteiger partial charge in [0.15, 0.2) is 5.01 Å². The molecular formula is C15H13N3O3S2. The number of aryl methyl sites for hydroxylation is 1. The first-order valence-electron chi connectivity index (χ1n) is 6.75. The van der Waals surface area contributed by atoms with Crippen LogP contribution in [0, 0.1) is 6.92 Å². The molecule has 2 aromatic heterocycles. The summed E-state index contributed by atoms with van der Waals surface area (Å²) >= 11 is 2.71. The lowest BCUT2D eigenvalue weighted by Crippen LogP contribution is -2.14. The number of thioether (sulfide) groups is 1. The van der Waals surface area contributed by atoms with E-state index in [1.54, 1.807) is 19.1 Å². The van der Waals surface area contributed by atoms with E-state index in [0.717, 1.165) is 4.90 Å². The summed E-state index contributed by atoms with van der Waals surface area (Å²) in [6.07, 6.45) is 1.90. The topological polar surface area (TPSA) is 73.6 Å². The Morgan fingerprint density at radius 3 is 2.96 bits per heavy atom. The van der Waals surface area contributed by atoms with Crippen LogP contribution in [0.1, 0.15) is 21.1 Å². The summed E-state index contributed by atoms with van der Waals surface area (Å²) in [5.41, 5.74) is 0.914. The van der Waals surface area contributed by atoms with Crippen molar-refractivity contribution in [2.75, 3.05) is 6.26 Å². The minimum atomic E-state index is -0.411. The Bertz CT molecular complexity index is 933. The number of fused-ring (bicyclic) bond motifs is 1. The second kappa shape index (κ2) is 6.51. The number of nitrogens with zero attached hydrogens (tertiary/aromatic N) is 3. The van der Waals surface area contributed by atoms with Crippen LogP contribution in [0.4, 0.5) is 0 Å². The number of carbonyl (C=O) groups is 1. The van der Waals surface area contributed by atoms with Crippen molar-refractivity contribution >= 4 is 34.0 Å². The van der Waals surface area contributed by atoms with Gasteiger partial charge in [0.2, 0.25) is 4.96 Å². The molecule has 0 amide bonds. The van der Waals surface area contributed by atoms with Crippen molar-refractivity contribution in [1.29, 1.82) is 0 Å². The molecule has 0 aliphatic rings. The molecule has 23 heavy (non-hydrogen) atoms. The van der Waals surface area contributed by atoms with Crippen LogP contribution < -0.4 is 5.56 Å². The number of aromatic nitrogens is 3. The molecule has 0 saturated heterocycles. The van der Waals surface area contributed by atoms with Crippen LogP contribution in [0.25, 0.3) is 4.96 Å². The predicted molar refractivity (Wildman–Crippen MR) is 89.2 cm³/mol. The van der Waals surface area contributed by atoms with Gasteiger partial charge in [-0.3, -0.25) is 4.79 Å². The summed E-state index contributed by atoms with van der Waals surface area (Å²) in [4.78, 5) is 29.6. The lowest BCUT2D eigenvalue weighted by molar-refractivity contribution is 0.0467. The van der Waals surface area contributed by atoms with Gasteiger partial charge in [-0.25, -0.2) is 9.78 Å². The molecule has 0 saturated carbocycles. The standard InChI is InChI=1S/C15H13N3O3S2/c1-9-7-13(19)18-15(16-9)23-12(17-18)8-21-14(20)10-5-3-4-6-11(10)22-2/h3-7H,8H2,1-2H3. The summed E-state index contributed by atoms with van der Waals surface area (Å²) in [5, 5.41) is 4.66. The van der Waals surface area contributed by atoms with Crippen LogP contribution in [-0.4, -0.2) is 26.8 Å². The first-order valence-corrected chi connectivity index (χ1v) is 8.79. The highest BCUT2D eigenvalue weighted by Crippen LogP contribution is 2.21. The third kappa shape index (κ3) is 3.27. The normalized spacial score (nSPS) is 10.9. The molecule has 0 fully saturated rings. The van der Waals surface area contributed by atoms with E-state index in [-0.39, 0.29) is 12.2 Å². The molecule has 2 heterocycles. The van der Waals surface area contributed by atoms with Crippen molar-refractivity contribution in [2.45, 2.75) is 18.4 Å². The maximum absolute atomic E-state index is 12.2. The average molecular weight is 347 g/mol. The molecule has 0 unspecified atom stereocenters. The number of benzene rings is 1. The Kier molecular flexibility index (Phi) is 4.44. The van der Waals surface area contributed by atoms with Crippen LogP contribution in [-0.2, 0) is 11.3 Å². The highest BCUT2D eigenvalue weighted by molar-refractivity contribution is 7.98. The van der Waals surface area contributed by atoms with E-state index in [1.807, 2.05) is 18.4 Å². The summed E-state index contributed by atoms with van der Waals surface area (Å²) in [6, 6.07) is 8.67. The van der Waals surface area contributed by atoms with Gasteiger partial charge in [-0.05, 0) is 25.3 Å². The van der Waals surface area contributed by atoms with Gasteiger partial charge in [0.25, 0.3) is 5.56 Å². The molecule has 8 heteroatoms. The minimum Gasteiger partial charge on any atom is -0.455 e. The summed E-state index contributed by atoms with van der Waals surface area (Å²) in [5.74, 6) is -0.411. The highest BCUT2D eigenvalue weighted by atomic mass is 32.2. The number of esters is 1. The molecule has 0 bridgehead atoms. The molecular weight excluding hydrogens is 334 g/mol. The first-order chi connectivity index (χ1) is 11.1. The fourth-order valence-corrected chi connectivity index (χ4v) is 3.48. The minimum absolute atomic E-state index is 0.00800. The molecule has 0 aliphatic carbocycles. The van der Waals surface area contributed by atoms with Gasteiger partial charge in [0.1, 0.15) is 6.61 Å². The quantitative estimate of drug-likeness (QED) is 0.533. The van der Waals surface area contributed by atoms with E-state index in [9.17, 15) is 9.59 Å². The molecule has 3 aromatic rings. The highest BCUT2D eigenvalue weighted by Gasteiger charge is 2.14. The van der Waals surface area contributed by atoms with E-state index >= 15 is 0 Å². The zero-order valence-corrected chi connectivity index (χ0v) is 14.1. The second-order valence-electron chi connectivity index (χ2n) is 4.70. The second-order valence-corrected chi connectivity index (χ2v) is 6.59. The van der Waals surface area contributed by atoms with Crippen LogP contribution in [0.3, 0.4) is 0 Å². The lowest BCUT2D eigenvalue weighted by Gasteiger charge is -2.06. The van der Waals surface area contributed by atoms with E-state index in [0.29, 0.717) is 21.2 Å². The third-order valence-electron chi connectivity index (χ3n) is 3.07. The Morgan fingerprint density at radius 1 is 1.39 bits per heavy atom. The fourth-order valence-electron chi connectivity index (χ4n) is 2.04. The van der Waals surface area contributed by atoms with Crippen molar-refractivity contribution < 1.29 is 9.53 Å². The molecule has 0 aliphatic heterocycles. The van der Waals surface area contributed by atoms with Gasteiger partial charge in [-0.1, -0.05) is 23.5 Å². The molecule has 3 rings (SSSR count). The average Bonchev–Trinajstić information content (AvgIpc) is 2.95. The van der Waals surface area contributed by atoms with Crippen LogP contribution in [0.2, 0.25) is 0 Å². The van der Waals surface area contributed by atoms with E-state index in [1.165, 1.54) is 33.7 Å². The van der Waals surface area contributed by atoms with Gasteiger partial charge in [0, 0.05) is 16.7 Å². The van der Waals surface area contributed by atoms with Crippen molar-refractivity contribution in [1.82, 2.24) is 14.6 Å². The Hall–Kier alpha value is -2.19. The van der Waals surface area contributed by atoms with E-state index < -0.39 is 5.97 Å². The van der Waals surface area contributed by atoms with Crippen LogP contribution in [0.15, 0.2) is 40.0 Å². The number of rotatable bonds is 4. The largest absolute Gasteiger partial charge is 0.455 e. The molecule has 0 spiro atoms. The summed E-state index contributed by atoms with van der Waals surface area (Å²) in [7, 11) is 0. The molecule has 0 N–H and O–H groups in total. The van der Waals surface area contributed by atoms with Gasteiger partial charge >= 0.3 is 5.97 Å². The Balaban J connectivity index is 1.79. The van der Waals surface area contributed by atoms with Crippen LogP contribution in [0.5, 0.6) is 0 Å². The number of carbonyl (C=O) groups excluding carboxylic acids is 1. The molecule has 1 aromatic carbocycles. The number of hydrogen-bond acceptors (Lipinski definition) is 7. The zero-order valence-electron chi connectivity index (χ0n) is 12.5. The SMILES string of the molecule is CSc1ccccc1C(=O)OCc1nn2c(=O)cc(C)nc2s1. The first kappa shape index (κ1) is 15.7. The number of ether oxygens (including phenoxy) is 1. The van der Waals surface area contributed by atoms with Crippen molar-refractivity contribution in [2.24, 2.45) is 0 Å². The van der Waals surface area contributed by atoms with Crippen LogP contribution >= 0.6 is 23.1 Å². The van der Waals surface area contributed by atoms with Gasteiger partial charge in [-0.2, -0.15) is 9.61 Å². The summed E-state index contributed by atoms with van der Waals surface area (Å²) in [6.45, 7) is 1.76.